The third-order valence-corrected chi connectivity index (χ3v) is 6.22. The van der Waals surface area contributed by atoms with Gasteiger partial charge in [0.15, 0.2) is 0 Å². The van der Waals surface area contributed by atoms with Crippen molar-refractivity contribution in [3.05, 3.63) is 35.9 Å². The van der Waals surface area contributed by atoms with Crippen LogP contribution in [0, 0.1) is 0 Å². The average Bonchev–Trinajstić information content (AvgIpc) is 2.71. The number of hydrogen-bond donors (Lipinski definition) is 2. The third-order valence-electron chi connectivity index (χ3n) is 6.22. The molecule has 0 radical (unpaired) electrons. The van der Waals surface area contributed by atoms with Gasteiger partial charge in [0, 0.05) is 19.3 Å². The van der Waals surface area contributed by atoms with Gasteiger partial charge in [0.25, 0.3) is 0 Å². The maximum Gasteiger partial charge on any atom is 0.316 e. The first-order chi connectivity index (χ1) is 11.5. The van der Waals surface area contributed by atoms with Crippen LogP contribution in [0.5, 0.6) is 0 Å². The molecule has 24 heavy (non-hydrogen) atoms. The molecule has 3 rings (SSSR count). The van der Waals surface area contributed by atoms with Crippen LogP contribution in [0.25, 0.3) is 0 Å². The summed E-state index contributed by atoms with van der Waals surface area (Å²) in [6.07, 6.45) is 1.79. The molecular formula is C19H28NO4+. The van der Waals surface area contributed by atoms with E-state index in [-0.39, 0.29) is 30.8 Å². The Morgan fingerprint density at radius 2 is 2.00 bits per heavy atom. The number of esters is 1. The highest BCUT2D eigenvalue weighted by molar-refractivity contribution is 5.78. The first kappa shape index (κ1) is 17.4. The van der Waals surface area contributed by atoms with Crippen LogP contribution in [-0.2, 0) is 9.53 Å². The monoisotopic (exact) mass is 334 g/mol. The lowest BCUT2D eigenvalue weighted by Gasteiger charge is -2.46. The summed E-state index contributed by atoms with van der Waals surface area (Å²) in [6, 6.07) is 9.73. The predicted molar refractivity (Wildman–Crippen MR) is 90.3 cm³/mol. The molecule has 132 valence electrons. The van der Waals surface area contributed by atoms with Crippen LogP contribution in [0.1, 0.15) is 37.7 Å². The molecule has 0 aromatic heterocycles. The van der Waals surface area contributed by atoms with Crippen molar-refractivity contribution in [3.63, 3.8) is 0 Å². The minimum atomic E-state index is -0.636. The lowest BCUT2D eigenvalue weighted by Crippen LogP contribution is -2.60. The van der Waals surface area contributed by atoms with Crippen molar-refractivity contribution in [1.82, 2.24) is 0 Å². The van der Waals surface area contributed by atoms with E-state index in [4.69, 9.17) is 4.74 Å². The Balaban J connectivity index is 1.68. The smallest absolute Gasteiger partial charge is 0.316 e. The van der Waals surface area contributed by atoms with Gasteiger partial charge < -0.3 is 19.4 Å². The normalized spacial score (nSPS) is 36.3. The molecular weight excluding hydrogens is 306 g/mol. The van der Waals surface area contributed by atoms with Gasteiger partial charge in [-0.25, -0.2) is 0 Å². The molecule has 5 nitrogen and oxygen atoms in total. The van der Waals surface area contributed by atoms with E-state index in [9.17, 15) is 15.0 Å². The fraction of sp³-hybridized carbons (Fsp3) is 0.632. The summed E-state index contributed by atoms with van der Waals surface area (Å²) >= 11 is 0. The van der Waals surface area contributed by atoms with Crippen molar-refractivity contribution < 1.29 is 24.2 Å². The molecule has 2 aliphatic rings. The standard InChI is InChI=1S/C19H28NO4/c1-3-20(2)14-9-15(11-17(20)18(22)10-14)24-19(23)16(12-21)13-7-5-4-6-8-13/h4-8,14-18,21-22H,3,9-12H2,1-2H3/q+1/t14-,15-,16+,17-,18-,20-/m0/s1. The first-order valence-corrected chi connectivity index (χ1v) is 8.88. The Labute approximate surface area is 143 Å². The highest BCUT2D eigenvalue weighted by Crippen LogP contribution is 2.42. The number of rotatable bonds is 5. The van der Waals surface area contributed by atoms with E-state index >= 15 is 0 Å². The number of quaternary nitrogens is 1. The molecule has 2 aliphatic heterocycles. The minimum absolute atomic E-state index is 0.135. The van der Waals surface area contributed by atoms with Crippen molar-refractivity contribution in [2.75, 3.05) is 20.2 Å². The Morgan fingerprint density at radius 1 is 1.29 bits per heavy atom. The zero-order chi connectivity index (χ0) is 17.3. The second-order valence-electron chi connectivity index (χ2n) is 7.36. The third kappa shape index (κ3) is 2.96. The SMILES string of the molecule is CC[N@@+]1(C)[C@H]2C[C@H](OC(=O)[C@H](CO)c3ccccc3)C[C@H]1[C@@H](O)C2. The van der Waals surface area contributed by atoms with Crippen molar-refractivity contribution in [1.29, 1.82) is 0 Å². The maximum absolute atomic E-state index is 12.5. The lowest BCUT2D eigenvalue weighted by atomic mass is 9.95. The summed E-state index contributed by atoms with van der Waals surface area (Å²) in [5, 5.41) is 20.0. The number of ether oxygens (including phenoxy) is 1. The van der Waals surface area contributed by atoms with Gasteiger partial charge >= 0.3 is 5.97 Å². The number of carbonyl (C=O) groups excluding carboxylic acids is 1. The Bertz CT molecular complexity index is 578. The minimum Gasteiger partial charge on any atom is -0.461 e. The molecule has 0 amide bonds. The molecule has 1 aromatic rings. The van der Waals surface area contributed by atoms with E-state index < -0.39 is 5.92 Å². The van der Waals surface area contributed by atoms with Gasteiger partial charge in [0.05, 0.1) is 26.2 Å². The summed E-state index contributed by atoms with van der Waals surface area (Å²) in [5.41, 5.74) is 0.776. The molecule has 0 unspecified atom stereocenters. The van der Waals surface area contributed by atoms with Crippen LogP contribution in [0.15, 0.2) is 30.3 Å². The summed E-state index contributed by atoms with van der Waals surface area (Å²) in [4.78, 5) is 12.5. The number of hydrogen-bond acceptors (Lipinski definition) is 4. The van der Waals surface area contributed by atoms with Crippen molar-refractivity contribution in [3.8, 4) is 0 Å². The molecule has 0 saturated carbocycles. The molecule has 5 heteroatoms. The Kier molecular flexibility index (Phi) is 4.95. The molecule has 2 fully saturated rings. The molecule has 1 aromatic carbocycles. The van der Waals surface area contributed by atoms with Crippen LogP contribution in [-0.4, -0.2) is 65.2 Å². The molecule has 6 atom stereocenters. The van der Waals surface area contributed by atoms with E-state index in [1.807, 2.05) is 30.3 Å². The highest BCUT2D eigenvalue weighted by Gasteiger charge is 2.56. The number of benzene rings is 1. The van der Waals surface area contributed by atoms with Gasteiger partial charge in [-0.2, -0.15) is 0 Å². The van der Waals surface area contributed by atoms with Gasteiger partial charge in [-0.1, -0.05) is 30.3 Å². The topological polar surface area (TPSA) is 66.8 Å². The average molecular weight is 334 g/mol. The van der Waals surface area contributed by atoms with Crippen molar-refractivity contribution in [2.24, 2.45) is 0 Å². The van der Waals surface area contributed by atoms with E-state index in [2.05, 4.69) is 14.0 Å². The second-order valence-corrected chi connectivity index (χ2v) is 7.36. The molecule has 0 spiro atoms. The number of carbonyl (C=O) groups is 1. The van der Waals surface area contributed by atoms with Crippen molar-refractivity contribution >= 4 is 5.97 Å². The summed E-state index contributed by atoms with van der Waals surface area (Å²) in [6.45, 7) is 2.88. The van der Waals surface area contributed by atoms with Crippen LogP contribution < -0.4 is 0 Å². The van der Waals surface area contributed by atoms with Gasteiger partial charge in [-0.3, -0.25) is 4.79 Å². The Hall–Kier alpha value is -1.43. The highest BCUT2D eigenvalue weighted by atomic mass is 16.5. The van der Waals surface area contributed by atoms with Crippen LogP contribution in [0.2, 0.25) is 0 Å². The first-order valence-electron chi connectivity index (χ1n) is 8.88. The van der Waals surface area contributed by atoms with E-state index in [0.29, 0.717) is 12.5 Å². The quantitative estimate of drug-likeness (QED) is 0.632. The van der Waals surface area contributed by atoms with E-state index in [0.717, 1.165) is 29.4 Å². The summed E-state index contributed by atoms with van der Waals surface area (Å²) in [7, 11) is 2.20. The van der Waals surface area contributed by atoms with Crippen molar-refractivity contribution in [2.45, 2.75) is 56.4 Å². The number of nitrogens with zero attached hydrogens (tertiary/aromatic N) is 1. The van der Waals surface area contributed by atoms with Crippen LogP contribution in [0.3, 0.4) is 0 Å². The molecule has 2 heterocycles. The number of aliphatic hydroxyl groups is 2. The number of piperidine rings is 1. The zero-order valence-electron chi connectivity index (χ0n) is 14.5. The van der Waals surface area contributed by atoms with Crippen LogP contribution >= 0.6 is 0 Å². The molecule has 2 saturated heterocycles. The second kappa shape index (κ2) is 6.82. The number of likely N-dealkylation sites (N-methyl/N-ethyl adjacent to an activating group) is 1. The largest absolute Gasteiger partial charge is 0.461 e. The van der Waals surface area contributed by atoms with Crippen LogP contribution in [0.4, 0.5) is 0 Å². The van der Waals surface area contributed by atoms with E-state index in [1.54, 1.807) is 0 Å². The fourth-order valence-electron chi connectivity index (χ4n) is 4.58. The maximum atomic E-state index is 12.5. The number of fused-ring (bicyclic) bond motifs is 2. The molecule has 0 aliphatic carbocycles. The van der Waals surface area contributed by atoms with Gasteiger partial charge in [0.1, 0.15) is 24.2 Å². The molecule has 2 bridgehead atoms. The zero-order valence-corrected chi connectivity index (χ0v) is 14.5. The summed E-state index contributed by atoms with van der Waals surface area (Å²) in [5.74, 6) is -1.00. The lowest BCUT2D eigenvalue weighted by molar-refractivity contribution is -0.949. The summed E-state index contributed by atoms with van der Waals surface area (Å²) < 4.78 is 6.62. The molecule has 2 N–H and O–H groups in total. The van der Waals surface area contributed by atoms with Gasteiger partial charge in [0.2, 0.25) is 0 Å². The Morgan fingerprint density at radius 3 is 2.58 bits per heavy atom. The fourth-order valence-corrected chi connectivity index (χ4v) is 4.58. The van der Waals surface area contributed by atoms with Gasteiger partial charge in [-0.05, 0) is 12.5 Å². The van der Waals surface area contributed by atoms with E-state index in [1.165, 1.54) is 0 Å². The van der Waals surface area contributed by atoms with Gasteiger partial charge in [-0.15, -0.1) is 0 Å². The number of aliphatic hydroxyl groups excluding tert-OH is 2. The predicted octanol–water partition coefficient (Wildman–Crippen LogP) is 1.44.